The van der Waals surface area contributed by atoms with E-state index in [0.29, 0.717) is 6.04 Å². The fourth-order valence-corrected chi connectivity index (χ4v) is 1.64. The minimum Gasteiger partial charge on any atom is -0.385 e. The van der Waals surface area contributed by atoms with Gasteiger partial charge in [0.1, 0.15) is 0 Å². The molecule has 1 atom stereocenters. The Balaban J connectivity index is 2.49. The van der Waals surface area contributed by atoms with Gasteiger partial charge in [0, 0.05) is 38.1 Å². The Labute approximate surface area is 91.6 Å². The first-order chi connectivity index (χ1) is 7.31. The molecule has 4 nitrogen and oxygen atoms in total. The van der Waals surface area contributed by atoms with Crippen molar-refractivity contribution in [2.45, 2.75) is 32.4 Å². The summed E-state index contributed by atoms with van der Waals surface area (Å²) in [7, 11) is 3.73. The molecule has 1 aromatic rings. The van der Waals surface area contributed by atoms with Crippen LogP contribution in [0.2, 0.25) is 0 Å². The molecular formula is C11H21N3O. The van der Waals surface area contributed by atoms with Gasteiger partial charge in [0.15, 0.2) is 0 Å². The summed E-state index contributed by atoms with van der Waals surface area (Å²) < 4.78 is 7.00. The van der Waals surface area contributed by atoms with E-state index < -0.39 is 0 Å². The molecule has 0 aliphatic rings. The lowest BCUT2D eigenvalue weighted by Gasteiger charge is -2.13. The first kappa shape index (κ1) is 12.2. The van der Waals surface area contributed by atoms with Crippen LogP contribution in [0.5, 0.6) is 0 Å². The van der Waals surface area contributed by atoms with E-state index in [-0.39, 0.29) is 0 Å². The van der Waals surface area contributed by atoms with Crippen molar-refractivity contribution in [1.82, 2.24) is 15.1 Å². The van der Waals surface area contributed by atoms with E-state index in [9.17, 15) is 0 Å². The number of aromatic nitrogens is 2. The van der Waals surface area contributed by atoms with Crippen LogP contribution >= 0.6 is 0 Å². The van der Waals surface area contributed by atoms with Crippen molar-refractivity contribution in [3.8, 4) is 0 Å². The van der Waals surface area contributed by atoms with Gasteiger partial charge in [-0.3, -0.25) is 4.68 Å². The Hall–Kier alpha value is -0.870. The van der Waals surface area contributed by atoms with Crippen molar-refractivity contribution >= 4 is 0 Å². The molecule has 0 fully saturated rings. The average Bonchev–Trinajstić information content (AvgIpc) is 2.73. The van der Waals surface area contributed by atoms with Gasteiger partial charge in [0.05, 0.1) is 6.20 Å². The van der Waals surface area contributed by atoms with Crippen LogP contribution in [0.1, 0.15) is 31.4 Å². The van der Waals surface area contributed by atoms with Gasteiger partial charge in [-0.05, 0) is 26.8 Å². The Morgan fingerprint density at radius 2 is 2.40 bits per heavy atom. The third-order valence-corrected chi connectivity index (χ3v) is 2.57. The SMILES string of the molecule is CCn1cc(C(CCCOC)NC)cn1. The van der Waals surface area contributed by atoms with Crippen molar-refractivity contribution in [1.29, 1.82) is 0 Å². The summed E-state index contributed by atoms with van der Waals surface area (Å²) in [6.45, 7) is 3.84. The number of hydrogen-bond acceptors (Lipinski definition) is 3. The molecule has 86 valence electrons. The Morgan fingerprint density at radius 3 is 2.93 bits per heavy atom. The maximum Gasteiger partial charge on any atom is 0.0537 e. The highest BCUT2D eigenvalue weighted by molar-refractivity contribution is 5.10. The fourth-order valence-electron chi connectivity index (χ4n) is 1.64. The molecule has 15 heavy (non-hydrogen) atoms. The topological polar surface area (TPSA) is 39.1 Å². The molecule has 1 unspecified atom stereocenters. The van der Waals surface area contributed by atoms with Crippen LogP contribution < -0.4 is 5.32 Å². The van der Waals surface area contributed by atoms with Crippen LogP contribution in [-0.2, 0) is 11.3 Å². The molecule has 1 N–H and O–H groups in total. The molecule has 0 aromatic carbocycles. The van der Waals surface area contributed by atoms with Crippen molar-refractivity contribution in [3.63, 3.8) is 0 Å². The fraction of sp³-hybridized carbons (Fsp3) is 0.727. The van der Waals surface area contributed by atoms with Gasteiger partial charge in [0.2, 0.25) is 0 Å². The summed E-state index contributed by atoms with van der Waals surface area (Å²) in [5, 5.41) is 7.58. The van der Waals surface area contributed by atoms with Crippen molar-refractivity contribution in [2.75, 3.05) is 20.8 Å². The first-order valence-electron chi connectivity index (χ1n) is 5.50. The minimum absolute atomic E-state index is 0.389. The van der Waals surface area contributed by atoms with Gasteiger partial charge in [-0.15, -0.1) is 0 Å². The highest BCUT2D eigenvalue weighted by Crippen LogP contribution is 2.17. The Kier molecular flexibility index (Phi) is 5.36. The largest absolute Gasteiger partial charge is 0.385 e. The van der Waals surface area contributed by atoms with E-state index in [0.717, 1.165) is 26.0 Å². The van der Waals surface area contributed by atoms with Gasteiger partial charge < -0.3 is 10.1 Å². The molecule has 0 aliphatic heterocycles. The third-order valence-electron chi connectivity index (χ3n) is 2.57. The number of methoxy groups -OCH3 is 1. The number of nitrogens with zero attached hydrogens (tertiary/aromatic N) is 2. The van der Waals surface area contributed by atoms with E-state index in [1.165, 1.54) is 5.56 Å². The van der Waals surface area contributed by atoms with Gasteiger partial charge in [-0.25, -0.2) is 0 Å². The normalized spacial score (nSPS) is 13.0. The van der Waals surface area contributed by atoms with Gasteiger partial charge >= 0.3 is 0 Å². The predicted octanol–water partition coefficient (Wildman–Crippen LogP) is 1.59. The van der Waals surface area contributed by atoms with Crippen LogP contribution in [0.15, 0.2) is 12.4 Å². The average molecular weight is 211 g/mol. The molecule has 0 saturated heterocycles. The van der Waals surface area contributed by atoms with E-state index in [1.807, 2.05) is 17.9 Å². The molecule has 1 heterocycles. The molecular weight excluding hydrogens is 190 g/mol. The molecule has 0 radical (unpaired) electrons. The number of ether oxygens (including phenoxy) is 1. The second-order valence-electron chi connectivity index (χ2n) is 3.61. The van der Waals surface area contributed by atoms with Crippen molar-refractivity contribution in [3.05, 3.63) is 18.0 Å². The Bertz CT molecular complexity index is 273. The highest BCUT2D eigenvalue weighted by atomic mass is 16.5. The zero-order valence-electron chi connectivity index (χ0n) is 9.86. The zero-order chi connectivity index (χ0) is 11.1. The second-order valence-corrected chi connectivity index (χ2v) is 3.61. The summed E-state index contributed by atoms with van der Waals surface area (Å²) in [6, 6.07) is 0.389. The summed E-state index contributed by atoms with van der Waals surface area (Å²) in [4.78, 5) is 0. The molecule has 0 saturated carbocycles. The second kappa shape index (κ2) is 6.58. The van der Waals surface area contributed by atoms with E-state index in [1.54, 1.807) is 7.11 Å². The summed E-state index contributed by atoms with van der Waals surface area (Å²) in [6.07, 6.45) is 6.20. The molecule has 1 rings (SSSR count). The maximum absolute atomic E-state index is 5.05. The Morgan fingerprint density at radius 1 is 1.60 bits per heavy atom. The first-order valence-corrected chi connectivity index (χ1v) is 5.50. The van der Waals surface area contributed by atoms with Gasteiger partial charge in [0.25, 0.3) is 0 Å². The van der Waals surface area contributed by atoms with E-state index in [4.69, 9.17) is 4.74 Å². The van der Waals surface area contributed by atoms with E-state index >= 15 is 0 Å². The van der Waals surface area contributed by atoms with E-state index in [2.05, 4.69) is 23.5 Å². The molecule has 0 spiro atoms. The number of nitrogens with one attached hydrogen (secondary N) is 1. The standard InChI is InChI=1S/C11H21N3O/c1-4-14-9-10(8-13-14)11(12-2)6-5-7-15-3/h8-9,11-12H,4-7H2,1-3H3. The van der Waals surface area contributed by atoms with Gasteiger partial charge in [-0.1, -0.05) is 0 Å². The van der Waals surface area contributed by atoms with Crippen molar-refractivity contribution < 1.29 is 4.74 Å². The molecule has 4 heteroatoms. The summed E-state index contributed by atoms with van der Waals surface area (Å²) in [5.74, 6) is 0. The molecule has 0 aliphatic carbocycles. The zero-order valence-corrected chi connectivity index (χ0v) is 9.86. The molecule has 0 amide bonds. The van der Waals surface area contributed by atoms with Crippen LogP contribution in [0.4, 0.5) is 0 Å². The number of aryl methyl sites for hydroxylation is 1. The smallest absolute Gasteiger partial charge is 0.0537 e. The van der Waals surface area contributed by atoms with Gasteiger partial charge in [-0.2, -0.15) is 5.10 Å². The molecule has 1 aromatic heterocycles. The summed E-state index contributed by atoms with van der Waals surface area (Å²) >= 11 is 0. The lowest BCUT2D eigenvalue weighted by molar-refractivity contribution is 0.189. The number of hydrogen-bond donors (Lipinski definition) is 1. The predicted molar refractivity (Wildman–Crippen MR) is 60.8 cm³/mol. The van der Waals surface area contributed by atoms with Crippen LogP contribution in [0.25, 0.3) is 0 Å². The highest BCUT2D eigenvalue weighted by Gasteiger charge is 2.10. The van der Waals surface area contributed by atoms with Crippen molar-refractivity contribution in [2.24, 2.45) is 0 Å². The monoisotopic (exact) mass is 211 g/mol. The third kappa shape index (κ3) is 3.64. The van der Waals surface area contributed by atoms with Crippen LogP contribution in [0.3, 0.4) is 0 Å². The summed E-state index contributed by atoms with van der Waals surface area (Å²) in [5.41, 5.74) is 1.26. The maximum atomic E-state index is 5.05. The lowest BCUT2D eigenvalue weighted by Crippen LogP contribution is -2.16. The minimum atomic E-state index is 0.389. The van der Waals surface area contributed by atoms with Crippen LogP contribution in [-0.4, -0.2) is 30.5 Å². The lowest BCUT2D eigenvalue weighted by atomic mass is 10.1. The molecule has 0 bridgehead atoms. The quantitative estimate of drug-likeness (QED) is 0.696. The van der Waals surface area contributed by atoms with Crippen LogP contribution in [0, 0.1) is 0 Å². The number of rotatable bonds is 7.